The average molecular weight is 365 g/mol. The predicted octanol–water partition coefficient (Wildman–Crippen LogP) is 3.89. The minimum Gasteiger partial charge on any atom is -0.309 e. The lowest BCUT2D eigenvalue weighted by Crippen LogP contribution is -2.60. The van der Waals surface area contributed by atoms with Crippen LogP contribution in [0.25, 0.3) is 0 Å². The molecule has 26 heavy (non-hydrogen) atoms. The zero-order valence-electron chi connectivity index (χ0n) is 18.0. The van der Waals surface area contributed by atoms with Crippen molar-refractivity contribution in [2.75, 3.05) is 47.2 Å². The van der Waals surface area contributed by atoms with Gasteiger partial charge in [0.15, 0.2) is 0 Å². The van der Waals surface area contributed by atoms with E-state index in [0.717, 1.165) is 23.9 Å². The van der Waals surface area contributed by atoms with Gasteiger partial charge in [-0.25, -0.2) is 0 Å². The van der Waals surface area contributed by atoms with Crippen molar-refractivity contribution in [2.24, 2.45) is 11.8 Å². The molecule has 0 spiro atoms. The summed E-state index contributed by atoms with van der Waals surface area (Å²) in [5.74, 6) is 1.89. The Labute approximate surface area is 162 Å². The maximum Gasteiger partial charge on any atom is 0.0535 e. The molecule has 0 aromatic carbocycles. The summed E-state index contributed by atoms with van der Waals surface area (Å²) in [6, 6.07) is 1.65. The molecular weight excluding hydrogens is 320 g/mol. The molecule has 0 N–H and O–H groups in total. The van der Waals surface area contributed by atoms with Crippen LogP contribution in [-0.4, -0.2) is 78.9 Å². The lowest BCUT2D eigenvalue weighted by atomic mass is 9.86. The third kappa shape index (κ3) is 5.92. The molecule has 1 saturated heterocycles. The van der Waals surface area contributed by atoms with Gasteiger partial charge in [-0.05, 0) is 90.3 Å². The molecular formula is C22H44N4. The van der Waals surface area contributed by atoms with Crippen molar-refractivity contribution < 1.29 is 0 Å². The first-order valence-electron chi connectivity index (χ1n) is 11.4. The highest BCUT2D eigenvalue weighted by Gasteiger charge is 2.34. The van der Waals surface area contributed by atoms with E-state index in [1.165, 1.54) is 90.9 Å². The molecule has 1 heterocycles. The third-order valence-electron chi connectivity index (χ3n) is 7.21. The van der Waals surface area contributed by atoms with Crippen molar-refractivity contribution >= 4 is 0 Å². The molecule has 152 valence electrons. The fourth-order valence-corrected chi connectivity index (χ4v) is 5.31. The van der Waals surface area contributed by atoms with Crippen LogP contribution < -0.4 is 0 Å². The molecule has 2 aliphatic carbocycles. The summed E-state index contributed by atoms with van der Waals surface area (Å²) in [6.07, 6.45) is 12.7. The molecule has 0 unspecified atom stereocenters. The van der Waals surface area contributed by atoms with Gasteiger partial charge in [-0.15, -0.1) is 0 Å². The molecule has 3 fully saturated rings. The molecule has 0 aromatic rings. The first kappa shape index (κ1) is 20.6. The van der Waals surface area contributed by atoms with Crippen LogP contribution in [0.5, 0.6) is 0 Å². The van der Waals surface area contributed by atoms with Gasteiger partial charge in [-0.3, -0.25) is 14.7 Å². The monoisotopic (exact) mass is 364 g/mol. The third-order valence-corrected chi connectivity index (χ3v) is 7.21. The first-order valence-corrected chi connectivity index (χ1v) is 11.4. The summed E-state index contributed by atoms with van der Waals surface area (Å²) < 4.78 is 0. The Bertz CT molecular complexity index is 367. The standard InChI is InChI=1S/C22H44N4/c1-19-6-10-21(11-7-19)25-16-24(15-5-14-23(3)4)17-26(18-25)22-12-8-20(2)9-13-22/h19-22H,5-18H2,1-4H3. The minimum absolute atomic E-state index is 0.827. The SMILES string of the molecule is CC1CCC(N2CN(CCCN(C)C)CN(C3CCC(C)CC3)C2)CC1. The average Bonchev–Trinajstić information content (AvgIpc) is 2.62. The van der Waals surface area contributed by atoms with Crippen molar-refractivity contribution in [3.8, 4) is 0 Å². The summed E-state index contributed by atoms with van der Waals surface area (Å²) in [5.41, 5.74) is 0. The summed E-state index contributed by atoms with van der Waals surface area (Å²) in [4.78, 5) is 10.7. The van der Waals surface area contributed by atoms with E-state index in [2.05, 4.69) is 47.5 Å². The maximum absolute atomic E-state index is 2.84. The number of nitrogens with zero attached hydrogens (tertiary/aromatic N) is 4. The van der Waals surface area contributed by atoms with Crippen LogP contribution in [0.2, 0.25) is 0 Å². The summed E-state index contributed by atoms with van der Waals surface area (Å²) in [5, 5.41) is 0. The van der Waals surface area contributed by atoms with Gasteiger partial charge in [0.25, 0.3) is 0 Å². The quantitative estimate of drug-likeness (QED) is 0.709. The molecule has 0 radical (unpaired) electrons. The van der Waals surface area contributed by atoms with Crippen molar-refractivity contribution in [1.82, 2.24) is 19.6 Å². The van der Waals surface area contributed by atoms with Crippen LogP contribution in [0.15, 0.2) is 0 Å². The molecule has 4 nitrogen and oxygen atoms in total. The van der Waals surface area contributed by atoms with Crippen LogP contribution in [0.4, 0.5) is 0 Å². The van der Waals surface area contributed by atoms with Crippen molar-refractivity contribution in [3.05, 3.63) is 0 Å². The van der Waals surface area contributed by atoms with Gasteiger partial charge in [0.1, 0.15) is 0 Å². The second-order valence-corrected chi connectivity index (χ2v) is 9.98. The smallest absolute Gasteiger partial charge is 0.0535 e. The Morgan fingerprint density at radius 2 is 1.15 bits per heavy atom. The molecule has 0 bridgehead atoms. The van der Waals surface area contributed by atoms with Crippen LogP contribution in [0, 0.1) is 11.8 Å². The van der Waals surface area contributed by atoms with E-state index in [1.54, 1.807) is 0 Å². The molecule has 2 saturated carbocycles. The Balaban J connectivity index is 1.58. The highest BCUT2D eigenvalue weighted by molar-refractivity contribution is 4.85. The summed E-state index contributed by atoms with van der Waals surface area (Å²) in [6.45, 7) is 11.0. The maximum atomic E-state index is 2.84. The van der Waals surface area contributed by atoms with E-state index < -0.39 is 0 Å². The van der Waals surface area contributed by atoms with E-state index in [9.17, 15) is 0 Å². The van der Waals surface area contributed by atoms with E-state index >= 15 is 0 Å². The first-order chi connectivity index (χ1) is 12.5. The van der Waals surface area contributed by atoms with E-state index in [1.807, 2.05) is 0 Å². The van der Waals surface area contributed by atoms with Crippen molar-refractivity contribution in [2.45, 2.75) is 83.7 Å². The van der Waals surface area contributed by atoms with Gasteiger partial charge < -0.3 is 4.90 Å². The summed E-state index contributed by atoms with van der Waals surface area (Å²) >= 11 is 0. The topological polar surface area (TPSA) is 13.0 Å². The highest BCUT2D eigenvalue weighted by Crippen LogP contribution is 2.32. The van der Waals surface area contributed by atoms with Crippen molar-refractivity contribution in [3.63, 3.8) is 0 Å². The van der Waals surface area contributed by atoms with Crippen LogP contribution >= 0.6 is 0 Å². The largest absolute Gasteiger partial charge is 0.309 e. The van der Waals surface area contributed by atoms with Crippen LogP contribution in [0.3, 0.4) is 0 Å². The lowest BCUT2D eigenvalue weighted by Gasteiger charge is -2.50. The summed E-state index contributed by atoms with van der Waals surface area (Å²) in [7, 11) is 4.39. The molecule has 0 aromatic heterocycles. The zero-order chi connectivity index (χ0) is 18.5. The van der Waals surface area contributed by atoms with E-state index in [-0.39, 0.29) is 0 Å². The Hall–Kier alpha value is -0.160. The normalized spacial score (nSPS) is 35.9. The van der Waals surface area contributed by atoms with E-state index in [4.69, 9.17) is 0 Å². The number of rotatable bonds is 6. The molecule has 4 heteroatoms. The fraction of sp³-hybridized carbons (Fsp3) is 1.00. The molecule has 0 atom stereocenters. The van der Waals surface area contributed by atoms with Gasteiger partial charge >= 0.3 is 0 Å². The van der Waals surface area contributed by atoms with Crippen LogP contribution in [-0.2, 0) is 0 Å². The molecule has 3 aliphatic rings. The zero-order valence-corrected chi connectivity index (χ0v) is 18.0. The Kier molecular flexibility index (Phi) is 7.80. The second-order valence-electron chi connectivity index (χ2n) is 9.98. The van der Waals surface area contributed by atoms with E-state index in [0.29, 0.717) is 0 Å². The molecule has 3 rings (SSSR count). The highest BCUT2D eigenvalue weighted by atomic mass is 15.5. The lowest BCUT2D eigenvalue weighted by molar-refractivity contribution is -0.0832. The second kappa shape index (κ2) is 9.86. The predicted molar refractivity (Wildman–Crippen MR) is 111 cm³/mol. The van der Waals surface area contributed by atoms with Gasteiger partial charge in [-0.1, -0.05) is 13.8 Å². The van der Waals surface area contributed by atoms with Crippen LogP contribution in [0.1, 0.15) is 71.6 Å². The van der Waals surface area contributed by atoms with Gasteiger partial charge in [0, 0.05) is 18.6 Å². The van der Waals surface area contributed by atoms with Gasteiger partial charge in [0.05, 0.1) is 20.0 Å². The Morgan fingerprint density at radius 3 is 1.58 bits per heavy atom. The molecule has 1 aliphatic heterocycles. The van der Waals surface area contributed by atoms with Gasteiger partial charge in [0.2, 0.25) is 0 Å². The molecule has 0 amide bonds. The minimum atomic E-state index is 0.827. The number of hydrogen-bond acceptors (Lipinski definition) is 4. The Morgan fingerprint density at radius 1 is 0.692 bits per heavy atom. The fourth-order valence-electron chi connectivity index (χ4n) is 5.31. The van der Waals surface area contributed by atoms with Gasteiger partial charge in [-0.2, -0.15) is 0 Å². The van der Waals surface area contributed by atoms with Crippen molar-refractivity contribution in [1.29, 1.82) is 0 Å². The number of hydrogen-bond donors (Lipinski definition) is 0.